The summed E-state index contributed by atoms with van der Waals surface area (Å²) in [5.74, 6) is -1.42. The van der Waals surface area contributed by atoms with Crippen LogP contribution < -0.4 is 15.2 Å². The van der Waals surface area contributed by atoms with Crippen LogP contribution in [0.2, 0.25) is 0 Å². The van der Waals surface area contributed by atoms with Crippen LogP contribution in [0.15, 0.2) is 48.0 Å². The molecule has 0 saturated carbocycles. The van der Waals surface area contributed by atoms with E-state index in [0.29, 0.717) is 42.5 Å². The number of hydrogen-bond acceptors (Lipinski definition) is 7. The Hall–Kier alpha value is -4.45. The Morgan fingerprint density at radius 2 is 1.71 bits per heavy atom. The first kappa shape index (κ1) is 24.2. The van der Waals surface area contributed by atoms with Crippen molar-refractivity contribution in [1.82, 2.24) is 4.90 Å². The zero-order chi connectivity index (χ0) is 24.7. The van der Waals surface area contributed by atoms with Crippen LogP contribution in [0.25, 0.3) is 6.08 Å². The van der Waals surface area contributed by atoms with E-state index in [2.05, 4.69) is 0 Å². The fraction of sp³-hybridized carbons (Fsp3) is 0.240. The van der Waals surface area contributed by atoms with Gasteiger partial charge >= 0.3 is 5.97 Å². The molecule has 9 nitrogen and oxygen atoms in total. The number of methoxy groups -OCH3 is 1. The normalized spacial score (nSPS) is 12.8. The standard InChI is InChI=1S/C25H23N3O6/c1-33-21-14-16(13-17(15-26)23(27)30)10-11-20(21)34-22(29)9-3-2-6-12-28-24(31)18-7-4-5-8-19(18)25(28)32/h4-5,7-8,10-11,13-14H,2-3,6,9,12H2,1H3,(H2,27,30)/b17-13+. The van der Waals surface area contributed by atoms with Crippen LogP contribution in [-0.2, 0) is 9.59 Å². The second kappa shape index (κ2) is 10.9. The van der Waals surface area contributed by atoms with E-state index in [0.717, 1.165) is 0 Å². The third kappa shape index (κ3) is 5.48. The molecule has 2 N–H and O–H groups in total. The van der Waals surface area contributed by atoms with E-state index in [1.807, 2.05) is 0 Å². The summed E-state index contributed by atoms with van der Waals surface area (Å²) in [6.07, 6.45) is 3.19. The molecule has 9 heteroatoms. The lowest BCUT2D eigenvalue weighted by molar-refractivity contribution is -0.134. The average molecular weight is 461 g/mol. The summed E-state index contributed by atoms with van der Waals surface area (Å²) in [4.78, 5) is 49.4. The zero-order valence-electron chi connectivity index (χ0n) is 18.6. The Morgan fingerprint density at radius 3 is 2.29 bits per heavy atom. The second-order valence-electron chi connectivity index (χ2n) is 7.54. The topological polar surface area (TPSA) is 140 Å². The molecule has 0 bridgehead atoms. The maximum atomic E-state index is 12.4. The fourth-order valence-corrected chi connectivity index (χ4v) is 3.52. The lowest BCUT2D eigenvalue weighted by atomic mass is 10.1. The number of carbonyl (C=O) groups excluding carboxylic acids is 4. The highest BCUT2D eigenvalue weighted by atomic mass is 16.6. The first-order valence-corrected chi connectivity index (χ1v) is 10.6. The maximum Gasteiger partial charge on any atom is 0.311 e. The van der Waals surface area contributed by atoms with Crippen molar-refractivity contribution in [3.63, 3.8) is 0 Å². The fourth-order valence-electron chi connectivity index (χ4n) is 3.52. The van der Waals surface area contributed by atoms with Gasteiger partial charge in [0.1, 0.15) is 11.6 Å². The summed E-state index contributed by atoms with van der Waals surface area (Å²) in [6.45, 7) is 0.292. The van der Waals surface area contributed by atoms with Gasteiger partial charge in [-0.1, -0.05) is 24.6 Å². The molecule has 2 aromatic rings. The van der Waals surface area contributed by atoms with E-state index in [4.69, 9.17) is 20.5 Å². The summed E-state index contributed by atoms with van der Waals surface area (Å²) in [5.41, 5.74) is 6.25. The van der Waals surface area contributed by atoms with Crippen LogP contribution >= 0.6 is 0 Å². The number of imide groups is 1. The van der Waals surface area contributed by atoms with E-state index in [1.54, 1.807) is 36.4 Å². The minimum Gasteiger partial charge on any atom is -0.493 e. The van der Waals surface area contributed by atoms with Gasteiger partial charge in [-0.05, 0) is 48.7 Å². The van der Waals surface area contributed by atoms with Crippen molar-refractivity contribution in [2.24, 2.45) is 5.73 Å². The second-order valence-corrected chi connectivity index (χ2v) is 7.54. The Morgan fingerprint density at radius 1 is 1.03 bits per heavy atom. The molecule has 0 spiro atoms. The molecule has 0 aromatic heterocycles. The quantitative estimate of drug-likeness (QED) is 0.143. The monoisotopic (exact) mass is 461 g/mol. The van der Waals surface area contributed by atoms with Gasteiger partial charge in [-0.3, -0.25) is 24.1 Å². The molecule has 1 aliphatic rings. The number of unbranched alkanes of at least 4 members (excludes halogenated alkanes) is 2. The maximum absolute atomic E-state index is 12.4. The highest BCUT2D eigenvalue weighted by Gasteiger charge is 2.34. The molecular weight excluding hydrogens is 438 g/mol. The average Bonchev–Trinajstić information content (AvgIpc) is 3.07. The van der Waals surface area contributed by atoms with E-state index in [1.165, 1.54) is 30.2 Å². The van der Waals surface area contributed by atoms with Gasteiger partial charge in [0.2, 0.25) is 0 Å². The Balaban J connectivity index is 1.47. The van der Waals surface area contributed by atoms with Gasteiger partial charge in [-0.25, -0.2) is 0 Å². The van der Waals surface area contributed by atoms with Crippen molar-refractivity contribution in [1.29, 1.82) is 5.26 Å². The third-order valence-electron chi connectivity index (χ3n) is 5.25. The van der Waals surface area contributed by atoms with Crippen LogP contribution in [0.5, 0.6) is 11.5 Å². The summed E-state index contributed by atoms with van der Waals surface area (Å²) >= 11 is 0. The number of benzene rings is 2. The summed E-state index contributed by atoms with van der Waals surface area (Å²) in [7, 11) is 1.40. The van der Waals surface area contributed by atoms with Crippen molar-refractivity contribution in [3.05, 3.63) is 64.7 Å². The van der Waals surface area contributed by atoms with Crippen LogP contribution in [0.3, 0.4) is 0 Å². The van der Waals surface area contributed by atoms with Gasteiger partial charge in [0, 0.05) is 13.0 Å². The molecule has 0 aliphatic carbocycles. The molecular formula is C25H23N3O6. The predicted molar refractivity (Wildman–Crippen MR) is 122 cm³/mol. The van der Waals surface area contributed by atoms with E-state index in [-0.39, 0.29) is 35.3 Å². The number of ether oxygens (including phenoxy) is 2. The van der Waals surface area contributed by atoms with Gasteiger partial charge in [0.15, 0.2) is 11.5 Å². The number of hydrogen-bond donors (Lipinski definition) is 1. The van der Waals surface area contributed by atoms with Crippen LogP contribution in [0, 0.1) is 11.3 Å². The van der Waals surface area contributed by atoms with E-state index < -0.39 is 11.9 Å². The van der Waals surface area contributed by atoms with Gasteiger partial charge < -0.3 is 15.2 Å². The van der Waals surface area contributed by atoms with Crippen LogP contribution in [0.4, 0.5) is 0 Å². The first-order chi connectivity index (χ1) is 16.3. The van der Waals surface area contributed by atoms with E-state index >= 15 is 0 Å². The summed E-state index contributed by atoms with van der Waals surface area (Å²) in [6, 6.07) is 13.0. The molecule has 0 atom stereocenters. The minimum atomic E-state index is -0.847. The summed E-state index contributed by atoms with van der Waals surface area (Å²) < 4.78 is 10.6. The lowest BCUT2D eigenvalue weighted by Gasteiger charge is -2.13. The van der Waals surface area contributed by atoms with Gasteiger partial charge in [-0.2, -0.15) is 5.26 Å². The Bertz CT molecular complexity index is 1180. The smallest absolute Gasteiger partial charge is 0.311 e. The minimum absolute atomic E-state index is 0.146. The molecule has 1 heterocycles. The molecule has 1 aliphatic heterocycles. The zero-order valence-corrected chi connectivity index (χ0v) is 18.6. The molecule has 2 aromatic carbocycles. The number of primary amides is 1. The molecule has 34 heavy (non-hydrogen) atoms. The highest BCUT2D eigenvalue weighted by Crippen LogP contribution is 2.29. The number of nitriles is 1. The van der Waals surface area contributed by atoms with Gasteiger partial charge in [-0.15, -0.1) is 0 Å². The SMILES string of the molecule is COc1cc(/C=C(\C#N)C(N)=O)ccc1OC(=O)CCCCCN1C(=O)c2ccccc2C1=O. The Kier molecular flexibility index (Phi) is 7.77. The number of nitrogens with two attached hydrogens (primary N) is 1. The molecule has 0 radical (unpaired) electrons. The number of rotatable bonds is 10. The highest BCUT2D eigenvalue weighted by molar-refractivity contribution is 6.21. The van der Waals surface area contributed by atoms with E-state index in [9.17, 15) is 19.2 Å². The van der Waals surface area contributed by atoms with Crippen molar-refractivity contribution in [2.75, 3.05) is 13.7 Å². The summed E-state index contributed by atoms with van der Waals surface area (Å²) in [5, 5.41) is 8.95. The first-order valence-electron chi connectivity index (χ1n) is 10.6. The lowest BCUT2D eigenvalue weighted by Crippen LogP contribution is -2.30. The van der Waals surface area contributed by atoms with Crippen molar-refractivity contribution in [3.8, 4) is 17.6 Å². The molecule has 0 fully saturated rings. The van der Waals surface area contributed by atoms with Gasteiger partial charge in [0.05, 0.1) is 18.2 Å². The number of nitrogens with zero attached hydrogens (tertiary/aromatic N) is 2. The van der Waals surface area contributed by atoms with Crippen LogP contribution in [-0.4, -0.2) is 42.2 Å². The van der Waals surface area contributed by atoms with Crippen molar-refractivity contribution >= 4 is 29.8 Å². The van der Waals surface area contributed by atoms with Gasteiger partial charge in [0.25, 0.3) is 17.7 Å². The Labute approximate surface area is 196 Å². The van der Waals surface area contributed by atoms with Crippen molar-refractivity contribution in [2.45, 2.75) is 25.7 Å². The molecule has 174 valence electrons. The molecule has 3 amide bonds. The molecule has 0 unspecified atom stereocenters. The van der Waals surface area contributed by atoms with Crippen LogP contribution in [0.1, 0.15) is 52.0 Å². The number of fused-ring (bicyclic) bond motifs is 1. The number of amides is 3. The number of esters is 1. The number of carbonyl (C=O) groups is 4. The predicted octanol–water partition coefficient (Wildman–Crippen LogP) is 2.85. The molecule has 0 saturated heterocycles. The third-order valence-corrected chi connectivity index (χ3v) is 5.25. The largest absolute Gasteiger partial charge is 0.493 e. The molecule has 3 rings (SSSR count). The van der Waals surface area contributed by atoms with Crippen molar-refractivity contribution < 1.29 is 28.7 Å².